The molecule has 8 heteroatoms. The zero-order valence-electron chi connectivity index (χ0n) is 25.5. The quantitative estimate of drug-likeness (QED) is 0.305. The first kappa shape index (κ1) is 31.3. The molecule has 8 nitrogen and oxygen atoms in total. The Hall–Kier alpha value is -2.10. The monoisotopic (exact) mass is 584 g/mol. The highest BCUT2D eigenvalue weighted by molar-refractivity contribution is 5.95. The maximum Gasteiger partial charge on any atom is 0.338 e. The lowest BCUT2D eigenvalue weighted by molar-refractivity contribution is -0.177. The fourth-order valence-electron chi connectivity index (χ4n) is 9.26. The Morgan fingerprint density at radius 3 is 2.33 bits per heavy atom. The number of hydrogen-bond donors (Lipinski definition) is 5. The van der Waals surface area contributed by atoms with Gasteiger partial charge < -0.3 is 30.3 Å². The third-order valence-electron chi connectivity index (χ3n) is 11.8. The Morgan fingerprint density at radius 2 is 1.69 bits per heavy atom. The summed E-state index contributed by atoms with van der Waals surface area (Å²) in [6.07, 6.45) is 1.84. The number of carbonyl (C=O) groups is 2. The second kappa shape index (κ2) is 10.5. The molecule has 3 saturated carbocycles. The summed E-state index contributed by atoms with van der Waals surface area (Å²) < 4.78 is 6.00. The minimum absolute atomic E-state index is 0.123. The SMILES string of the molecule is CC(C)(O)CC[C@H](OC(=O)c1ccccc1)[C@](C)(O)[C@@H]1CC[C@@]2(O)C3=CC(=O)[C@@H]4C[C@H](O)[C@@H](O)C[C@]4(C)[C@@H]3CC[C@]12C. The van der Waals surface area contributed by atoms with E-state index in [2.05, 4.69) is 0 Å². The lowest BCUT2D eigenvalue weighted by Gasteiger charge is -2.60. The lowest BCUT2D eigenvalue weighted by atomic mass is 9.45. The van der Waals surface area contributed by atoms with Crippen molar-refractivity contribution in [2.45, 2.75) is 121 Å². The number of hydrogen-bond acceptors (Lipinski definition) is 8. The van der Waals surface area contributed by atoms with Crippen LogP contribution in [0.1, 0.15) is 96.3 Å². The Bertz CT molecular complexity index is 1230. The third-order valence-corrected chi connectivity index (χ3v) is 11.8. The number of ether oxygens (including phenoxy) is 1. The average molecular weight is 585 g/mol. The summed E-state index contributed by atoms with van der Waals surface area (Å²) >= 11 is 0. The second-order valence-corrected chi connectivity index (χ2v) is 14.9. The molecule has 0 saturated heterocycles. The summed E-state index contributed by atoms with van der Waals surface area (Å²) in [5.74, 6) is -1.70. The maximum atomic E-state index is 13.5. The average Bonchev–Trinajstić information content (AvgIpc) is 3.20. The molecule has 5 rings (SSSR count). The molecule has 1 aromatic carbocycles. The molecule has 0 aliphatic heterocycles. The van der Waals surface area contributed by atoms with Gasteiger partial charge >= 0.3 is 5.97 Å². The largest absolute Gasteiger partial charge is 0.456 e. The minimum atomic E-state index is -1.54. The molecule has 232 valence electrons. The first-order chi connectivity index (χ1) is 19.4. The van der Waals surface area contributed by atoms with E-state index in [-0.39, 0.29) is 31.0 Å². The van der Waals surface area contributed by atoms with Gasteiger partial charge in [-0.25, -0.2) is 4.79 Å². The van der Waals surface area contributed by atoms with Crippen molar-refractivity contribution in [1.82, 2.24) is 0 Å². The van der Waals surface area contributed by atoms with E-state index >= 15 is 0 Å². The summed E-state index contributed by atoms with van der Waals surface area (Å²) in [7, 11) is 0. The lowest BCUT2D eigenvalue weighted by Crippen LogP contribution is -2.63. The highest BCUT2D eigenvalue weighted by Gasteiger charge is 2.69. The molecule has 0 amide bonds. The molecule has 0 aromatic heterocycles. The van der Waals surface area contributed by atoms with E-state index in [9.17, 15) is 35.1 Å². The molecule has 0 radical (unpaired) electrons. The van der Waals surface area contributed by atoms with Crippen LogP contribution in [-0.2, 0) is 9.53 Å². The third kappa shape index (κ3) is 4.97. The van der Waals surface area contributed by atoms with Crippen LogP contribution in [0.3, 0.4) is 0 Å². The van der Waals surface area contributed by atoms with Gasteiger partial charge in [-0.1, -0.05) is 32.0 Å². The molecule has 0 bridgehead atoms. The smallest absolute Gasteiger partial charge is 0.338 e. The van der Waals surface area contributed by atoms with E-state index in [1.54, 1.807) is 57.2 Å². The van der Waals surface area contributed by atoms with Gasteiger partial charge in [0, 0.05) is 11.3 Å². The van der Waals surface area contributed by atoms with E-state index in [0.29, 0.717) is 43.2 Å². The number of rotatable bonds is 7. The van der Waals surface area contributed by atoms with Crippen LogP contribution in [-0.4, -0.2) is 72.4 Å². The van der Waals surface area contributed by atoms with Crippen LogP contribution in [0.4, 0.5) is 0 Å². The summed E-state index contributed by atoms with van der Waals surface area (Å²) in [6.45, 7) is 9.00. The van der Waals surface area contributed by atoms with Crippen molar-refractivity contribution < 1.29 is 39.9 Å². The summed E-state index contributed by atoms with van der Waals surface area (Å²) in [5.41, 5.74) is -4.30. The van der Waals surface area contributed by atoms with Crippen LogP contribution in [0.15, 0.2) is 42.0 Å². The van der Waals surface area contributed by atoms with Crippen LogP contribution in [0.5, 0.6) is 0 Å². The van der Waals surface area contributed by atoms with Gasteiger partial charge in [0.2, 0.25) is 0 Å². The predicted octanol–water partition coefficient (Wildman–Crippen LogP) is 3.72. The van der Waals surface area contributed by atoms with Crippen LogP contribution in [0.2, 0.25) is 0 Å². The second-order valence-electron chi connectivity index (χ2n) is 14.9. The van der Waals surface area contributed by atoms with Crippen LogP contribution >= 0.6 is 0 Å². The van der Waals surface area contributed by atoms with E-state index < -0.39 is 63.8 Å². The normalized spacial score (nSPS) is 40.2. The van der Waals surface area contributed by atoms with E-state index in [1.807, 2.05) is 13.8 Å². The molecule has 4 aliphatic rings. The van der Waals surface area contributed by atoms with Crippen molar-refractivity contribution in [3.63, 3.8) is 0 Å². The van der Waals surface area contributed by atoms with Crippen LogP contribution in [0, 0.1) is 28.6 Å². The number of esters is 1. The number of ketones is 1. The Morgan fingerprint density at radius 1 is 1.02 bits per heavy atom. The summed E-state index contributed by atoms with van der Waals surface area (Å²) in [5, 5.41) is 56.3. The van der Waals surface area contributed by atoms with Crippen molar-refractivity contribution in [3.8, 4) is 0 Å². The standard InChI is InChI=1S/C34H48O8/c1-30(2,39)14-13-28(42-29(38)20-9-7-6-8-10-20)33(5,40)27-12-16-34(41)22-17-24(35)23-18-25(36)26(37)19-31(23,3)21(22)11-15-32(27,34)4/h6-10,17,21,23,25-28,36-37,39-41H,11-16,18-19H2,1-5H3/t21-,23+,25+,26+,27-,28+,31-,32-,33-,34-/m1/s1. The first-order valence-electron chi connectivity index (χ1n) is 15.5. The number of aliphatic hydroxyl groups excluding tert-OH is 2. The van der Waals surface area contributed by atoms with Gasteiger partial charge in [-0.15, -0.1) is 0 Å². The predicted molar refractivity (Wildman–Crippen MR) is 156 cm³/mol. The fourth-order valence-corrected chi connectivity index (χ4v) is 9.26. The molecule has 0 unspecified atom stereocenters. The van der Waals surface area contributed by atoms with Crippen molar-refractivity contribution in [2.75, 3.05) is 0 Å². The van der Waals surface area contributed by atoms with Gasteiger partial charge in [0.25, 0.3) is 0 Å². The van der Waals surface area contributed by atoms with Gasteiger partial charge in [-0.3, -0.25) is 4.79 Å². The van der Waals surface area contributed by atoms with Gasteiger partial charge in [0.05, 0.1) is 29.0 Å². The molecule has 0 spiro atoms. The van der Waals surface area contributed by atoms with E-state index in [1.165, 1.54) is 0 Å². The Kier molecular flexibility index (Phi) is 7.84. The highest BCUT2D eigenvalue weighted by Crippen LogP contribution is 2.68. The fraction of sp³-hybridized carbons (Fsp3) is 0.706. The molecule has 5 N–H and O–H groups in total. The van der Waals surface area contributed by atoms with Gasteiger partial charge in [-0.2, -0.15) is 0 Å². The van der Waals surface area contributed by atoms with E-state index in [4.69, 9.17) is 4.74 Å². The van der Waals surface area contributed by atoms with Crippen molar-refractivity contribution in [3.05, 3.63) is 47.5 Å². The van der Waals surface area contributed by atoms with E-state index in [0.717, 1.165) is 0 Å². The maximum absolute atomic E-state index is 13.5. The van der Waals surface area contributed by atoms with Gasteiger partial charge in [-0.05, 0) is 113 Å². The first-order valence-corrected chi connectivity index (χ1v) is 15.5. The molecule has 0 heterocycles. The Balaban J connectivity index is 1.48. The molecular formula is C34H48O8. The number of fused-ring (bicyclic) bond motifs is 5. The van der Waals surface area contributed by atoms with Gasteiger partial charge in [0.15, 0.2) is 5.78 Å². The molecule has 4 aliphatic carbocycles. The molecule has 1 aromatic rings. The molecule has 10 atom stereocenters. The van der Waals surface area contributed by atoms with Crippen molar-refractivity contribution in [2.24, 2.45) is 28.6 Å². The number of carbonyl (C=O) groups excluding carboxylic acids is 2. The molecule has 42 heavy (non-hydrogen) atoms. The minimum Gasteiger partial charge on any atom is -0.456 e. The number of benzene rings is 1. The number of aliphatic hydroxyl groups is 5. The Labute approximate surface area is 248 Å². The van der Waals surface area contributed by atoms with Crippen LogP contribution < -0.4 is 0 Å². The van der Waals surface area contributed by atoms with Crippen molar-refractivity contribution >= 4 is 11.8 Å². The van der Waals surface area contributed by atoms with Crippen LogP contribution in [0.25, 0.3) is 0 Å². The topological polar surface area (TPSA) is 145 Å². The molecule has 3 fully saturated rings. The summed E-state index contributed by atoms with van der Waals surface area (Å²) in [4.78, 5) is 26.7. The zero-order chi connectivity index (χ0) is 30.9. The zero-order valence-corrected chi connectivity index (χ0v) is 25.5. The highest BCUT2D eigenvalue weighted by atomic mass is 16.6. The van der Waals surface area contributed by atoms with Gasteiger partial charge in [0.1, 0.15) is 11.7 Å². The summed E-state index contributed by atoms with van der Waals surface area (Å²) in [6, 6.07) is 8.60. The van der Waals surface area contributed by atoms with Crippen molar-refractivity contribution in [1.29, 1.82) is 0 Å². The number of allylic oxidation sites excluding steroid dienone is 1. The molecular weight excluding hydrogens is 536 g/mol.